The van der Waals surface area contributed by atoms with E-state index in [4.69, 9.17) is 60.4 Å². The van der Waals surface area contributed by atoms with Crippen molar-refractivity contribution in [3.05, 3.63) is 0 Å². The number of aliphatic hydroxyl groups excluding tert-OH is 8. The third-order valence-corrected chi connectivity index (χ3v) is 4.42. The van der Waals surface area contributed by atoms with Crippen LogP contribution in [0.3, 0.4) is 0 Å². The van der Waals surface area contributed by atoms with Gasteiger partial charge >= 0.3 is 74.8 Å². The van der Waals surface area contributed by atoms with E-state index in [1.807, 2.05) is 0 Å². The maximum Gasteiger partial charge on any atom is 1.00 e. The average molecular weight is 596 g/mol. The topological polar surface area (TPSA) is 376 Å². The van der Waals surface area contributed by atoms with Crippen molar-refractivity contribution >= 4 is 27.6 Å². The second-order valence-electron chi connectivity index (χ2n) is 6.20. The van der Waals surface area contributed by atoms with E-state index in [0.717, 1.165) is 0 Å². The maximum atomic E-state index is 10.2. The Morgan fingerprint density at radius 2 is 0.806 bits per heavy atom. The molecule has 0 aromatic carbocycles. The first-order valence-corrected chi connectivity index (χ1v) is 11.4. The Morgan fingerprint density at radius 1 is 0.583 bits per heavy atom. The second kappa shape index (κ2) is 19.8. The van der Waals surface area contributed by atoms with E-state index in [1.165, 1.54) is 0 Å². The van der Waals surface area contributed by atoms with Gasteiger partial charge in [0.2, 0.25) is 0 Å². The number of aliphatic hydroxyl groups is 8. The molecule has 36 heavy (non-hydrogen) atoms. The van der Waals surface area contributed by atoms with Crippen molar-refractivity contribution < 1.29 is 158 Å². The van der Waals surface area contributed by atoms with E-state index in [1.54, 1.807) is 0 Å². The van der Waals surface area contributed by atoms with E-state index in [9.17, 15) is 28.9 Å². The summed E-state index contributed by atoms with van der Waals surface area (Å²) in [5, 5.41) is 92.2. The van der Waals surface area contributed by atoms with Crippen molar-refractivity contribution in [2.45, 2.75) is 48.8 Å². The van der Waals surface area contributed by atoms with Gasteiger partial charge in [0.05, 0.1) is 25.2 Å². The first-order chi connectivity index (χ1) is 15.1. The number of rotatable bonds is 14. The van der Waals surface area contributed by atoms with Gasteiger partial charge in [-0.05, 0) is 0 Å². The Hall–Kier alpha value is 0.840. The number of carbonyl (C=O) groups excluding carboxylic acids is 2. The zero-order valence-corrected chi connectivity index (χ0v) is 24.3. The number of hydrogen-bond donors (Lipinski definition) is 12. The molecule has 0 amide bonds. The molecule has 20 nitrogen and oxygen atoms in total. The maximum absolute atomic E-state index is 10.2. The van der Waals surface area contributed by atoms with Gasteiger partial charge in [-0.1, -0.05) is 0 Å². The SMILES string of the molecule is O=C([O-])[C@H](O)[C@@H](O)[C@H](O)[C@H](O)COP(=O)(O)O.O=C([O-])[C@H](O)[C@@H](O)[C@H](O)[C@H](O)COP(=O)(O)O.[Na+].[Na+]. The molecule has 0 aliphatic heterocycles. The number of phosphoric ester groups is 2. The van der Waals surface area contributed by atoms with Gasteiger partial charge in [0, 0.05) is 0 Å². The number of hydrogen-bond acceptors (Lipinski definition) is 16. The number of carbonyl (C=O) groups is 2. The van der Waals surface area contributed by atoms with Crippen LogP contribution < -0.4 is 69.3 Å². The molecule has 0 aliphatic rings. The minimum absolute atomic E-state index is 0. The third kappa shape index (κ3) is 19.8. The summed E-state index contributed by atoms with van der Waals surface area (Å²) in [4.78, 5) is 53.3. The molecule has 0 spiro atoms. The molecule has 0 fully saturated rings. The summed E-state index contributed by atoms with van der Waals surface area (Å²) in [5.74, 6) is -4.17. The summed E-state index contributed by atoms with van der Waals surface area (Å²) in [5.41, 5.74) is 0. The zero-order valence-electron chi connectivity index (χ0n) is 18.6. The Balaban J connectivity index is -0.000000269. The van der Waals surface area contributed by atoms with Gasteiger partial charge in [0.15, 0.2) is 0 Å². The average Bonchev–Trinajstić information content (AvgIpc) is 2.71. The summed E-state index contributed by atoms with van der Waals surface area (Å²) in [7, 11) is -9.75. The fraction of sp³-hybridized carbons (Fsp3) is 0.833. The van der Waals surface area contributed by atoms with Crippen LogP contribution in [0.5, 0.6) is 0 Å². The van der Waals surface area contributed by atoms with Gasteiger partial charge in [0.25, 0.3) is 0 Å². The minimum atomic E-state index is -4.88. The molecule has 0 aliphatic carbocycles. The molecule has 0 saturated heterocycles. The predicted molar refractivity (Wildman–Crippen MR) is 94.1 cm³/mol. The molecular formula is C12H24Na2O20P2. The number of phosphoric acid groups is 2. The molecule has 0 aromatic heterocycles. The van der Waals surface area contributed by atoms with Gasteiger partial charge in [-0.25, -0.2) is 9.13 Å². The fourth-order valence-corrected chi connectivity index (χ4v) is 2.35. The molecule has 0 heterocycles. The smallest absolute Gasteiger partial charge is 0.547 e. The molecule has 0 aromatic rings. The van der Waals surface area contributed by atoms with Gasteiger partial charge in [-0.15, -0.1) is 0 Å². The third-order valence-electron chi connectivity index (χ3n) is 3.45. The first-order valence-electron chi connectivity index (χ1n) is 8.38. The van der Waals surface area contributed by atoms with Crippen LogP contribution >= 0.6 is 15.6 Å². The van der Waals surface area contributed by atoms with Crippen molar-refractivity contribution in [1.29, 1.82) is 0 Å². The fourth-order valence-electron chi connectivity index (χ4n) is 1.65. The predicted octanol–water partition coefficient (Wildman–Crippen LogP) is -15.4. The number of aliphatic carboxylic acids is 2. The van der Waals surface area contributed by atoms with Crippen molar-refractivity contribution in [1.82, 2.24) is 0 Å². The Morgan fingerprint density at radius 3 is 0.972 bits per heavy atom. The Bertz CT molecular complexity index is 669. The second-order valence-corrected chi connectivity index (χ2v) is 8.68. The van der Waals surface area contributed by atoms with Gasteiger partial charge in [-0.3, -0.25) is 9.05 Å². The van der Waals surface area contributed by atoms with Gasteiger partial charge in [0.1, 0.15) is 48.8 Å². The molecule has 12 N–H and O–H groups in total. The van der Waals surface area contributed by atoms with Gasteiger partial charge in [-0.2, -0.15) is 0 Å². The van der Waals surface area contributed by atoms with E-state index in [2.05, 4.69) is 9.05 Å². The van der Waals surface area contributed by atoms with E-state index < -0.39 is 89.6 Å². The number of carboxylic acids is 2. The normalized spacial score (nSPS) is 18.3. The van der Waals surface area contributed by atoms with Crippen LogP contribution in [0, 0.1) is 0 Å². The van der Waals surface area contributed by atoms with Crippen molar-refractivity contribution in [2.24, 2.45) is 0 Å². The standard InChI is InChI=1S/2C6H13O10P.2Na/c2*7-2(1-16-17(13,14)15)3(8)4(9)5(10)6(11)12;;/h2*2-5,7-10H,1H2,(H,11,12)(H2,13,14,15);;/q;;2*+1/p-2/t2*2-,3-,4+,5-;;/m11../s1. The molecule has 0 unspecified atom stereocenters. The van der Waals surface area contributed by atoms with E-state index in [-0.39, 0.29) is 59.1 Å². The van der Waals surface area contributed by atoms with Crippen molar-refractivity contribution in [3.8, 4) is 0 Å². The summed E-state index contributed by atoms with van der Waals surface area (Å²) in [6, 6.07) is 0. The van der Waals surface area contributed by atoms with Crippen LogP contribution in [0.15, 0.2) is 0 Å². The summed E-state index contributed by atoms with van der Waals surface area (Å²) in [6.07, 6.45) is -17.9. The molecule has 0 rings (SSSR count). The summed E-state index contributed by atoms with van der Waals surface area (Å²) >= 11 is 0. The first kappa shape index (κ1) is 43.9. The monoisotopic (exact) mass is 596 g/mol. The van der Waals surface area contributed by atoms with Crippen molar-refractivity contribution in [3.63, 3.8) is 0 Å². The Labute approximate surface area is 245 Å². The van der Waals surface area contributed by atoms with Crippen LogP contribution in [-0.2, 0) is 27.8 Å². The molecule has 8 atom stereocenters. The largest absolute Gasteiger partial charge is 1.00 e. The number of carboxylic acid groups (broad SMARTS) is 2. The van der Waals surface area contributed by atoms with Gasteiger partial charge < -0.3 is 80.2 Å². The summed E-state index contributed by atoms with van der Waals surface area (Å²) in [6.45, 7) is -2.13. The minimum Gasteiger partial charge on any atom is -0.547 e. The van der Waals surface area contributed by atoms with Crippen molar-refractivity contribution in [2.75, 3.05) is 13.2 Å². The van der Waals surface area contributed by atoms with Crippen LogP contribution in [0.4, 0.5) is 0 Å². The molecule has 0 saturated carbocycles. The molecule has 204 valence electrons. The molecule has 0 radical (unpaired) electrons. The quantitative estimate of drug-likeness (QED) is 0.0654. The van der Waals surface area contributed by atoms with Crippen LogP contribution in [0.25, 0.3) is 0 Å². The molecule has 24 heteroatoms. The molecular weight excluding hydrogens is 572 g/mol. The van der Waals surface area contributed by atoms with E-state index >= 15 is 0 Å². The summed E-state index contributed by atoms with van der Waals surface area (Å²) < 4.78 is 28.1. The van der Waals surface area contributed by atoms with Crippen LogP contribution in [0.1, 0.15) is 0 Å². The van der Waals surface area contributed by atoms with Crippen LogP contribution in [0.2, 0.25) is 0 Å². The van der Waals surface area contributed by atoms with Crippen LogP contribution in [-0.4, -0.2) is 134 Å². The van der Waals surface area contributed by atoms with E-state index in [0.29, 0.717) is 0 Å². The zero-order chi connectivity index (χ0) is 27.6. The Kier molecular flexibility index (Phi) is 24.2. The molecule has 0 bridgehead atoms.